The van der Waals surface area contributed by atoms with Crippen LogP contribution in [0.4, 0.5) is 0 Å². The van der Waals surface area contributed by atoms with E-state index in [1.165, 1.54) is 16.9 Å². The number of hydrogen-bond donors (Lipinski definition) is 0. The molecule has 4 aromatic rings. The van der Waals surface area contributed by atoms with Crippen LogP contribution in [0.5, 0.6) is 11.5 Å². The molecule has 7 nitrogen and oxygen atoms in total. The van der Waals surface area contributed by atoms with E-state index < -0.39 is 0 Å². The zero-order valence-corrected chi connectivity index (χ0v) is 19.4. The van der Waals surface area contributed by atoms with Crippen LogP contribution < -0.4 is 9.47 Å². The largest absolute Gasteiger partial charge is 0.493 e. The van der Waals surface area contributed by atoms with Crippen LogP contribution in [-0.4, -0.2) is 48.3 Å². The second-order valence-electron chi connectivity index (χ2n) is 7.34. The van der Waals surface area contributed by atoms with Crippen molar-refractivity contribution in [1.82, 2.24) is 15.0 Å². The number of methoxy groups -OCH3 is 2. The Morgan fingerprint density at radius 1 is 0.970 bits per heavy atom. The Labute approximate surface area is 196 Å². The number of rotatable bonds is 10. The molecule has 4 rings (SSSR count). The van der Waals surface area contributed by atoms with Gasteiger partial charge in [0.2, 0.25) is 11.7 Å². The lowest BCUT2D eigenvalue weighted by Gasteiger charge is -2.21. The quantitative estimate of drug-likeness (QED) is 0.338. The van der Waals surface area contributed by atoms with Gasteiger partial charge < -0.3 is 18.9 Å². The molecule has 0 aliphatic heterocycles. The molecule has 33 heavy (non-hydrogen) atoms. The van der Waals surface area contributed by atoms with Crippen LogP contribution in [0.1, 0.15) is 21.1 Å². The summed E-state index contributed by atoms with van der Waals surface area (Å²) in [6.07, 6.45) is 1.24. The Kier molecular flexibility index (Phi) is 7.36. The average Bonchev–Trinajstić information content (AvgIpc) is 3.56. The minimum atomic E-state index is 0.0144. The van der Waals surface area contributed by atoms with Gasteiger partial charge in [0.1, 0.15) is 0 Å². The molecule has 0 fully saturated rings. The highest BCUT2D eigenvalue weighted by Gasteiger charge is 2.19. The van der Waals surface area contributed by atoms with Crippen LogP contribution in [0.2, 0.25) is 0 Å². The van der Waals surface area contributed by atoms with Crippen molar-refractivity contribution in [2.24, 2.45) is 0 Å². The Morgan fingerprint density at radius 3 is 2.48 bits per heavy atom. The third-order valence-electron chi connectivity index (χ3n) is 5.24. The van der Waals surface area contributed by atoms with E-state index in [1.54, 1.807) is 26.4 Å². The number of benzene rings is 2. The van der Waals surface area contributed by atoms with Crippen LogP contribution in [0, 0.1) is 0 Å². The summed E-state index contributed by atoms with van der Waals surface area (Å²) < 4.78 is 16.1. The van der Waals surface area contributed by atoms with Gasteiger partial charge in [-0.25, -0.2) is 0 Å². The minimum absolute atomic E-state index is 0.0144. The van der Waals surface area contributed by atoms with Crippen LogP contribution >= 0.6 is 11.3 Å². The third-order valence-corrected chi connectivity index (χ3v) is 6.10. The highest BCUT2D eigenvalue weighted by molar-refractivity contribution is 7.12. The van der Waals surface area contributed by atoms with Crippen LogP contribution in [0.25, 0.3) is 11.4 Å². The molecule has 0 N–H and O–H groups in total. The van der Waals surface area contributed by atoms with Crippen molar-refractivity contribution < 1.29 is 18.8 Å². The summed E-state index contributed by atoms with van der Waals surface area (Å²) in [6.45, 7) is 1.09. The Balaban J connectivity index is 1.45. The van der Waals surface area contributed by atoms with Crippen molar-refractivity contribution in [3.05, 3.63) is 82.4 Å². The van der Waals surface area contributed by atoms with Crippen molar-refractivity contribution in [3.8, 4) is 22.9 Å². The second kappa shape index (κ2) is 10.8. The lowest BCUT2D eigenvalue weighted by Crippen LogP contribution is -2.34. The minimum Gasteiger partial charge on any atom is -0.493 e. The van der Waals surface area contributed by atoms with Crippen molar-refractivity contribution in [2.75, 3.05) is 27.3 Å². The molecule has 0 unspecified atom stereocenters. The van der Waals surface area contributed by atoms with Crippen LogP contribution in [0.3, 0.4) is 0 Å². The number of carbonyl (C=O) groups is 1. The van der Waals surface area contributed by atoms with Crippen LogP contribution in [-0.2, 0) is 12.8 Å². The van der Waals surface area contributed by atoms with Gasteiger partial charge in [0.05, 0.1) is 19.1 Å². The smallest absolute Gasteiger partial charge is 0.263 e. The lowest BCUT2D eigenvalue weighted by atomic mass is 10.1. The summed E-state index contributed by atoms with van der Waals surface area (Å²) in [5, 5.41) is 6.01. The van der Waals surface area contributed by atoms with Crippen LogP contribution in [0.15, 0.2) is 70.6 Å². The highest BCUT2D eigenvalue weighted by atomic mass is 32.1. The molecule has 0 aliphatic carbocycles. The van der Waals surface area contributed by atoms with Crippen molar-refractivity contribution in [3.63, 3.8) is 0 Å². The predicted octanol–water partition coefficient (Wildman–Crippen LogP) is 4.74. The summed E-state index contributed by atoms with van der Waals surface area (Å²) in [5.41, 5.74) is 1.95. The standard InChI is InChI=1S/C25H25N3O4S/c1-30-20-11-10-19(17-21(20)31-2)24-26-23(32-27-24)13-15-28(25(29)22-9-6-16-33-22)14-12-18-7-4-3-5-8-18/h3-11,16-17H,12-15H2,1-2H3. The number of thiophene rings is 1. The predicted molar refractivity (Wildman–Crippen MR) is 127 cm³/mol. The maximum atomic E-state index is 13.1. The van der Waals surface area contributed by atoms with Gasteiger partial charge in [0.15, 0.2) is 11.5 Å². The Hall–Kier alpha value is -3.65. The highest BCUT2D eigenvalue weighted by Crippen LogP contribution is 2.31. The molecular formula is C25H25N3O4S. The van der Waals surface area contributed by atoms with Gasteiger partial charge in [-0.2, -0.15) is 4.98 Å². The second-order valence-corrected chi connectivity index (χ2v) is 8.28. The SMILES string of the molecule is COc1ccc(-c2noc(CCN(CCc3ccccc3)C(=O)c3cccs3)n2)cc1OC. The number of nitrogens with zero attached hydrogens (tertiary/aromatic N) is 3. The van der Waals surface area contributed by atoms with E-state index in [4.69, 9.17) is 14.0 Å². The average molecular weight is 464 g/mol. The van der Waals surface area contributed by atoms with Gasteiger partial charge in [-0.3, -0.25) is 4.79 Å². The van der Waals surface area contributed by atoms with Gasteiger partial charge in [-0.05, 0) is 41.6 Å². The molecule has 0 atom stereocenters. The number of ether oxygens (including phenoxy) is 2. The maximum Gasteiger partial charge on any atom is 0.263 e. The fraction of sp³-hybridized carbons (Fsp3) is 0.240. The van der Waals surface area contributed by atoms with Gasteiger partial charge in [-0.1, -0.05) is 41.6 Å². The first kappa shape index (κ1) is 22.5. The van der Waals surface area contributed by atoms with Gasteiger partial charge in [-0.15, -0.1) is 11.3 Å². The van der Waals surface area contributed by atoms with Crippen molar-refractivity contribution in [2.45, 2.75) is 12.8 Å². The first-order valence-corrected chi connectivity index (χ1v) is 11.5. The zero-order valence-electron chi connectivity index (χ0n) is 18.6. The topological polar surface area (TPSA) is 77.7 Å². The van der Waals surface area contributed by atoms with E-state index >= 15 is 0 Å². The van der Waals surface area contributed by atoms with E-state index in [1.807, 2.05) is 46.7 Å². The lowest BCUT2D eigenvalue weighted by molar-refractivity contribution is 0.0761. The molecule has 0 radical (unpaired) electrons. The fourth-order valence-corrected chi connectivity index (χ4v) is 4.15. The molecular weight excluding hydrogens is 438 g/mol. The molecule has 0 bridgehead atoms. The summed E-state index contributed by atoms with van der Waals surface area (Å²) in [6, 6.07) is 19.3. The summed E-state index contributed by atoms with van der Waals surface area (Å²) in [7, 11) is 3.17. The Bertz CT molecular complexity index is 1180. The van der Waals surface area contributed by atoms with Gasteiger partial charge >= 0.3 is 0 Å². The molecule has 8 heteroatoms. The molecule has 1 amide bonds. The first-order chi connectivity index (χ1) is 16.2. The number of amides is 1. The molecule has 0 aliphatic rings. The van der Waals surface area contributed by atoms with E-state index in [9.17, 15) is 4.79 Å². The molecule has 2 aromatic heterocycles. The summed E-state index contributed by atoms with van der Waals surface area (Å²) in [5.74, 6) is 2.18. The van der Waals surface area contributed by atoms with E-state index in [-0.39, 0.29) is 5.91 Å². The molecule has 2 heterocycles. The van der Waals surface area contributed by atoms with E-state index in [2.05, 4.69) is 22.3 Å². The number of hydrogen-bond acceptors (Lipinski definition) is 7. The Morgan fingerprint density at radius 2 is 1.76 bits per heavy atom. The molecule has 0 saturated heterocycles. The molecule has 0 saturated carbocycles. The van der Waals surface area contributed by atoms with Crippen molar-refractivity contribution >= 4 is 17.2 Å². The molecule has 0 spiro atoms. The van der Waals surface area contributed by atoms with E-state index in [0.29, 0.717) is 42.7 Å². The normalized spacial score (nSPS) is 10.7. The monoisotopic (exact) mass is 463 g/mol. The van der Waals surface area contributed by atoms with Gasteiger partial charge in [0, 0.05) is 25.1 Å². The van der Waals surface area contributed by atoms with Gasteiger partial charge in [0.25, 0.3) is 5.91 Å². The van der Waals surface area contributed by atoms with Crippen molar-refractivity contribution in [1.29, 1.82) is 0 Å². The molecule has 2 aromatic carbocycles. The first-order valence-electron chi connectivity index (χ1n) is 10.6. The maximum absolute atomic E-state index is 13.1. The fourth-order valence-electron chi connectivity index (χ4n) is 3.46. The summed E-state index contributed by atoms with van der Waals surface area (Å²) >= 11 is 1.45. The number of carbonyl (C=O) groups excluding carboxylic acids is 1. The third kappa shape index (κ3) is 5.59. The summed E-state index contributed by atoms with van der Waals surface area (Å²) in [4.78, 5) is 20.1. The van der Waals surface area contributed by atoms with E-state index in [0.717, 1.165) is 16.9 Å². The molecule has 170 valence electrons. The number of aromatic nitrogens is 2. The zero-order chi connectivity index (χ0) is 23.0.